The van der Waals surface area contributed by atoms with Crippen LogP contribution in [-0.4, -0.2) is 48.4 Å². The molecule has 1 aliphatic heterocycles. The first-order valence-corrected chi connectivity index (χ1v) is 7.77. The van der Waals surface area contributed by atoms with Crippen LogP contribution in [0.3, 0.4) is 0 Å². The minimum absolute atomic E-state index is 0.180. The predicted octanol–water partition coefficient (Wildman–Crippen LogP) is 0.602. The van der Waals surface area contributed by atoms with Gasteiger partial charge in [0, 0.05) is 26.2 Å². The molecule has 19 heavy (non-hydrogen) atoms. The summed E-state index contributed by atoms with van der Waals surface area (Å²) in [5.41, 5.74) is 2.27. The number of rotatable bonds is 4. The van der Waals surface area contributed by atoms with Crippen molar-refractivity contribution in [2.24, 2.45) is 0 Å². The van der Waals surface area contributed by atoms with E-state index in [0.29, 0.717) is 13.1 Å². The Hall–Kier alpha value is -0.950. The number of nitrogens with zero attached hydrogens (tertiary/aromatic N) is 2. The monoisotopic (exact) mass is 284 g/mol. The van der Waals surface area contributed by atoms with Gasteiger partial charge in [-0.05, 0) is 24.5 Å². The number of fused-ring (bicyclic) bond motifs is 1. The molecule has 1 heterocycles. The zero-order valence-electron chi connectivity index (χ0n) is 11.3. The fourth-order valence-corrected chi connectivity index (χ4v) is 3.70. The average molecular weight is 284 g/mol. The van der Waals surface area contributed by atoms with Crippen molar-refractivity contribution >= 4 is 10.2 Å². The molecule has 0 saturated heterocycles. The molecule has 0 spiro atoms. The van der Waals surface area contributed by atoms with Gasteiger partial charge < -0.3 is 5.11 Å². The van der Waals surface area contributed by atoms with Crippen LogP contribution in [0.2, 0.25) is 0 Å². The maximum Gasteiger partial charge on any atom is 0.282 e. The van der Waals surface area contributed by atoms with E-state index < -0.39 is 16.3 Å². The largest absolute Gasteiger partial charge is 0.395 e. The van der Waals surface area contributed by atoms with E-state index in [1.54, 1.807) is 6.92 Å². The van der Waals surface area contributed by atoms with Gasteiger partial charge in [0.15, 0.2) is 0 Å². The van der Waals surface area contributed by atoms with Crippen LogP contribution in [0.25, 0.3) is 0 Å². The Morgan fingerprint density at radius 2 is 2.00 bits per heavy atom. The summed E-state index contributed by atoms with van der Waals surface area (Å²) in [4.78, 5) is 0. The van der Waals surface area contributed by atoms with Gasteiger partial charge in [0.05, 0.1) is 6.61 Å². The van der Waals surface area contributed by atoms with Crippen LogP contribution in [0.1, 0.15) is 18.1 Å². The molecule has 0 aliphatic carbocycles. The summed E-state index contributed by atoms with van der Waals surface area (Å²) < 4.78 is 27.6. The first kappa shape index (κ1) is 14.5. The molecule has 1 atom stereocenters. The number of likely N-dealkylation sites (N-methyl/N-ethyl adjacent to an activating group) is 1. The summed E-state index contributed by atoms with van der Waals surface area (Å²) in [5, 5.41) is 9.10. The lowest BCUT2D eigenvalue weighted by Crippen LogP contribution is -2.48. The third-order valence-electron chi connectivity index (χ3n) is 3.67. The predicted molar refractivity (Wildman–Crippen MR) is 73.8 cm³/mol. The fraction of sp³-hybridized carbons (Fsp3) is 0.538. The quantitative estimate of drug-likeness (QED) is 0.881. The topological polar surface area (TPSA) is 60.9 Å². The van der Waals surface area contributed by atoms with Gasteiger partial charge >= 0.3 is 0 Å². The molecular formula is C13H20N2O3S. The zero-order valence-corrected chi connectivity index (χ0v) is 12.1. The molecule has 106 valence electrons. The Balaban J connectivity index is 2.21. The van der Waals surface area contributed by atoms with Crippen molar-refractivity contribution in [3.63, 3.8) is 0 Å². The van der Waals surface area contributed by atoms with Crippen molar-refractivity contribution < 1.29 is 13.5 Å². The van der Waals surface area contributed by atoms with Crippen LogP contribution < -0.4 is 0 Å². The minimum atomic E-state index is -3.51. The van der Waals surface area contributed by atoms with Gasteiger partial charge in [-0.15, -0.1) is 0 Å². The van der Waals surface area contributed by atoms with E-state index in [1.807, 2.05) is 24.3 Å². The number of aliphatic hydroxyl groups is 1. The first-order valence-electron chi connectivity index (χ1n) is 6.37. The summed E-state index contributed by atoms with van der Waals surface area (Å²) in [5.74, 6) is 0. The molecule has 0 amide bonds. The number of hydrogen-bond donors (Lipinski definition) is 1. The molecule has 0 radical (unpaired) electrons. The molecule has 1 aliphatic rings. The molecule has 2 rings (SSSR count). The van der Waals surface area contributed by atoms with Crippen molar-refractivity contribution in [3.8, 4) is 0 Å². The van der Waals surface area contributed by atoms with Crippen LogP contribution in [0.4, 0.5) is 0 Å². The van der Waals surface area contributed by atoms with E-state index in [4.69, 9.17) is 5.11 Å². The van der Waals surface area contributed by atoms with E-state index >= 15 is 0 Å². The second-order valence-corrected chi connectivity index (χ2v) is 6.90. The van der Waals surface area contributed by atoms with Crippen LogP contribution >= 0.6 is 0 Å². The van der Waals surface area contributed by atoms with E-state index in [9.17, 15) is 8.42 Å². The number of hydrogen-bond acceptors (Lipinski definition) is 3. The molecular weight excluding hydrogens is 264 g/mol. The highest BCUT2D eigenvalue weighted by Crippen LogP contribution is 2.22. The highest BCUT2D eigenvalue weighted by Gasteiger charge is 2.32. The van der Waals surface area contributed by atoms with Gasteiger partial charge in [0.2, 0.25) is 0 Å². The summed E-state index contributed by atoms with van der Waals surface area (Å²) in [6, 6.07) is 7.49. The molecule has 0 bridgehead atoms. The van der Waals surface area contributed by atoms with Crippen molar-refractivity contribution in [1.82, 2.24) is 8.61 Å². The third-order valence-corrected chi connectivity index (χ3v) is 5.72. The van der Waals surface area contributed by atoms with Crippen LogP contribution in [0, 0.1) is 0 Å². The van der Waals surface area contributed by atoms with Crippen LogP contribution in [-0.2, 0) is 23.2 Å². The van der Waals surface area contributed by atoms with Gasteiger partial charge in [-0.3, -0.25) is 0 Å². The number of aliphatic hydroxyl groups excluding tert-OH is 1. The molecule has 6 heteroatoms. The van der Waals surface area contributed by atoms with Crippen molar-refractivity contribution in [2.45, 2.75) is 25.9 Å². The molecule has 1 aromatic carbocycles. The molecule has 1 aromatic rings. The lowest BCUT2D eigenvalue weighted by Gasteiger charge is -2.33. The normalized spacial score (nSPS) is 18.3. The van der Waals surface area contributed by atoms with Crippen molar-refractivity contribution in [2.75, 3.05) is 20.2 Å². The molecule has 1 N–H and O–H groups in total. The number of benzene rings is 1. The molecule has 0 fully saturated rings. The van der Waals surface area contributed by atoms with Gasteiger partial charge in [0.25, 0.3) is 10.2 Å². The van der Waals surface area contributed by atoms with Gasteiger partial charge in [-0.2, -0.15) is 17.0 Å². The molecule has 0 aromatic heterocycles. The minimum Gasteiger partial charge on any atom is -0.395 e. The second kappa shape index (κ2) is 5.58. The molecule has 5 nitrogen and oxygen atoms in total. The Bertz CT molecular complexity index is 545. The standard InChI is InChI=1S/C13H20N2O3S/c1-11(10-16)14(2)19(17,18)15-8-7-12-5-3-4-6-13(12)9-15/h3-6,11,16H,7-10H2,1-2H3. The Morgan fingerprint density at radius 3 is 2.63 bits per heavy atom. The van der Waals surface area contributed by atoms with Gasteiger partial charge in [-0.1, -0.05) is 24.3 Å². The fourth-order valence-electron chi connectivity index (χ4n) is 2.19. The average Bonchev–Trinajstić information content (AvgIpc) is 2.45. The summed E-state index contributed by atoms with van der Waals surface area (Å²) in [6.07, 6.45) is 0.733. The zero-order chi connectivity index (χ0) is 14.0. The summed E-state index contributed by atoms with van der Waals surface area (Å²) in [6.45, 7) is 2.40. The van der Waals surface area contributed by atoms with Crippen LogP contribution in [0.5, 0.6) is 0 Å². The van der Waals surface area contributed by atoms with Crippen molar-refractivity contribution in [1.29, 1.82) is 0 Å². The van der Waals surface area contributed by atoms with E-state index in [1.165, 1.54) is 21.2 Å². The SMILES string of the molecule is CC(CO)N(C)S(=O)(=O)N1CCc2ccccc2C1. The van der Waals surface area contributed by atoms with Gasteiger partial charge in [-0.25, -0.2) is 0 Å². The Morgan fingerprint density at radius 1 is 1.37 bits per heavy atom. The van der Waals surface area contributed by atoms with Crippen molar-refractivity contribution in [3.05, 3.63) is 35.4 Å². The third kappa shape index (κ3) is 2.81. The summed E-state index contributed by atoms with van der Waals surface area (Å²) in [7, 11) is -2.00. The smallest absolute Gasteiger partial charge is 0.282 e. The highest BCUT2D eigenvalue weighted by molar-refractivity contribution is 7.86. The maximum atomic E-state index is 12.4. The summed E-state index contributed by atoms with van der Waals surface area (Å²) >= 11 is 0. The molecule has 0 saturated carbocycles. The molecule has 1 unspecified atom stereocenters. The van der Waals surface area contributed by atoms with Gasteiger partial charge in [0.1, 0.15) is 0 Å². The van der Waals surface area contributed by atoms with E-state index in [-0.39, 0.29) is 6.61 Å². The van der Waals surface area contributed by atoms with Crippen LogP contribution in [0.15, 0.2) is 24.3 Å². The maximum absolute atomic E-state index is 12.4. The highest BCUT2D eigenvalue weighted by atomic mass is 32.2. The second-order valence-electron chi connectivity index (χ2n) is 4.91. The lowest BCUT2D eigenvalue weighted by atomic mass is 10.0. The Labute approximate surface area is 114 Å². The van der Waals surface area contributed by atoms with E-state index in [2.05, 4.69) is 0 Å². The lowest BCUT2D eigenvalue weighted by molar-refractivity contribution is 0.204. The first-order chi connectivity index (χ1) is 8.96. The Kier molecular flexibility index (Phi) is 4.25. The van der Waals surface area contributed by atoms with E-state index in [0.717, 1.165) is 12.0 Å².